The Balaban J connectivity index is 2.71. The van der Waals surface area contributed by atoms with Crippen molar-refractivity contribution in [2.24, 2.45) is 0 Å². The molecule has 2 N–H and O–H groups in total. The molecule has 1 heterocycles. The van der Waals surface area contributed by atoms with Crippen LogP contribution in [-0.2, 0) is 4.79 Å². The van der Waals surface area contributed by atoms with Crippen molar-refractivity contribution in [3.05, 3.63) is 12.4 Å². The molecule has 14 heavy (non-hydrogen) atoms. The summed E-state index contributed by atoms with van der Waals surface area (Å²) in [4.78, 5) is 18.4. The number of aromatic nitrogens is 2. The number of nitrogens with one attached hydrogen (secondary N) is 1. The van der Waals surface area contributed by atoms with Crippen LogP contribution in [0.25, 0.3) is 0 Å². The van der Waals surface area contributed by atoms with Crippen LogP contribution in [0.15, 0.2) is 17.4 Å². The average molecular weight is 213 g/mol. The minimum absolute atomic E-state index is 0.527. The Morgan fingerprint density at radius 1 is 1.64 bits per heavy atom. The van der Waals surface area contributed by atoms with Crippen LogP contribution in [0.1, 0.15) is 6.92 Å². The van der Waals surface area contributed by atoms with Crippen molar-refractivity contribution in [3.8, 4) is 0 Å². The van der Waals surface area contributed by atoms with Crippen LogP contribution < -0.4 is 5.32 Å². The van der Waals surface area contributed by atoms with E-state index in [0.29, 0.717) is 5.82 Å². The molecule has 1 unspecified atom stereocenters. The van der Waals surface area contributed by atoms with Crippen LogP contribution in [-0.4, -0.2) is 33.3 Å². The number of aliphatic carboxylic acids is 1. The predicted molar refractivity (Wildman–Crippen MR) is 54.5 cm³/mol. The van der Waals surface area contributed by atoms with Gasteiger partial charge < -0.3 is 10.4 Å². The standard InChI is InChI=1S/C8H11N3O2S/c1-5(8(12)13)11-6-3-7(14-2)10-4-9-6/h3-5H,1-2H3,(H,12,13)(H,9,10,11). The van der Waals surface area contributed by atoms with Gasteiger partial charge in [0.1, 0.15) is 23.2 Å². The summed E-state index contributed by atoms with van der Waals surface area (Å²) in [6.07, 6.45) is 3.30. The molecule has 1 aromatic heterocycles. The van der Waals surface area contributed by atoms with E-state index in [1.807, 2.05) is 6.26 Å². The van der Waals surface area contributed by atoms with Crippen molar-refractivity contribution in [2.75, 3.05) is 11.6 Å². The summed E-state index contributed by atoms with van der Waals surface area (Å²) in [6, 6.07) is 1.06. The van der Waals surface area contributed by atoms with Crippen molar-refractivity contribution >= 4 is 23.5 Å². The Kier molecular flexibility index (Phi) is 3.70. The van der Waals surface area contributed by atoms with E-state index in [0.717, 1.165) is 5.03 Å². The maximum atomic E-state index is 10.5. The molecule has 0 radical (unpaired) electrons. The normalized spacial score (nSPS) is 12.1. The van der Waals surface area contributed by atoms with Gasteiger partial charge in [-0.1, -0.05) is 0 Å². The molecule has 6 heteroatoms. The highest BCUT2D eigenvalue weighted by Gasteiger charge is 2.10. The number of rotatable bonds is 4. The van der Waals surface area contributed by atoms with Gasteiger partial charge in [0.15, 0.2) is 0 Å². The van der Waals surface area contributed by atoms with Crippen molar-refractivity contribution in [3.63, 3.8) is 0 Å². The van der Waals surface area contributed by atoms with Crippen molar-refractivity contribution in [1.29, 1.82) is 0 Å². The summed E-state index contributed by atoms with van der Waals surface area (Å²) in [7, 11) is 0. The Labute approximate surface area is 86.0 Å². The van der Waals surface area contributed by atoms with Gasteiger partial charge in [0.2, 0.25) is 0 Å². The summed E-state index contributed by atoms with van der Waals surface area (Å²) >= 11 is 1.48. The molecule has 76 valence electrons. The lowest BCUT2D eigenvalue weighted by molar-refractivity contribution is -0.137. The Hall–Kier alpha value is -1.30. The van der Waals surface area contributed by atoms with E-state index in [1.165, 1.54) is 18.1 Å². The zero-order valence-corrected chi connectivity index (χ0v) is 8.71. The van der Waals surface area contributed by atoms with E-state index in [2.05, 4.69) is 15.3 Å². The number of thioether (sulfide) groups is 1. The molecule has 0 saturated heterocycles. The first kappa shape index (κ1) is 10.8. The molecule has 1 atom stereocenters. The monoisotopic (exact) mass is 213 g/mol. The van der Waals surface area contributed by atoms with Gasteiger partial charge in [0.05, 0.1) is 0 Å². The van der Waals surface area contributed by atoms with Crippen LogP contribution in [0.5, 0.6) is 0 Å². The summed E-state index contributed by atoms with van der Waals surface area (Å²) in [5.41, 5.74) is 0. The lowest BCUT2D eigenvalue weighted by Crippen LogP contribution is -2.25. The molecule has 0 aromatic carbocycles. The van der Waals surface area contributed by atoms with Gasteiger partial charge >= 0.3 is 5.97 Å². The summed E-state index contributed by atoms with van der Waals surface area (Å²) in [5, 5.41) is 12.2. The van der Waals surface area contributed by atoms with Crippen LogP contribution in [0, 0.1) is 0 Å². The van der Waals surface area contributed by atoms with Gasteiger partial charge in [-0.25, -0.2) is 9.97 Å². The lowest BCUT2D eigenvalue weighted by Gasteiger charge is -2.09. The second kappa shape index (κ2) is 4.80. The SMILES string of the molecule is CSc1cc(NC(C)C(=O)O)ncn1. The predicted octanol–water partition coefficient (Wildman–Crippen LogP) is 1.08. The van der Waals surface area contributed by atoms with Crippen LogP contribution in [0.4, 0.5) is 5.82 Å². The molecule has 5 nitrogen and oxygen atoms in total. The molecule has 0 spiro atoms. The minimum atomic E-state index is -0.908. The molecular formula is C8H11N3O2S. The zero-order valence-electron chi connectivity index (χ0n) is 7.89. The molecule has 0 bridgehead atoms. The number of carboxylic acids is 1. The fraction of sp³-hybridized carbons (Fsp3) is 0.375. The van der Waals surface area contributed by atoms with E-state index in [-0.39, 0.29) is 0 Å². The highest BCUT2D eigenvalue weighted by atomic mass is 32.2. The first-order chi connectivity index (χ1) is 6.63. The maximum absolute atomic E-state index is 10.5. The highest BCUT2D eigenvalue weighted by Crippen LogP contribution is 2.14. The van der Waals surface area contributed by atoms with Crippen LogP contribution in [0.3, 0.4) is 0 Å². The second-order valence-electron chi connectivity index (χ2n) is 2.65. The van der Waals surface area contributed by atoms with Gasteiger partial charge in [-0.2, -0.15) is 0 Å². The van der Waals surface area contributed by atoms with Crippen LogP contribution in [0.2, 0.25) is 0 Å². The van der Waals surface area contributed by atoms with Gasteiger partial charge in [0, 0.05) is 6.07 Å². The average Bonchev–Trinajstić information content (AvgIpc) is 2.18. The molecular weight excluding hydrogens is 202 g/mol. The van der Waals surface area contributed by atoms with Crippen LogP contribution >= 0.6 is 11.8 Å². The first-order valence-corrected chi connectivity index (χ1v) is 5.21. The van der Waals surface area contributed by atoms with E-state index in [9.17, 15) is 4.79 Å². The summed E-state index contributed by atoms with van der Waals surface area (Å²) < 4.78 is 0. The number of hydrogen-bond acceptors (Lipinski definition) is 5. The van der Waals surface area contributed by atoms with Crippen molar-refractivity contribution in [2.45, 2.75) is 18.0 Å². The Morgan fingerprint density at radius 3 is 2.93 bits per heavy atom. The largest absolute Gasteiger partial charge is 0.480 e. The zero-order chi connectivity index (χ0) is 10.6. The van der Waals surface area contributed by atoms with Gasteiger partial charge in [-0.05, 0) is 13.2 Å². The Bertz CT molecular complexity index is 332. The number of carbonyl (C=O) groups is 1. The quantitative estimate of drug-likeness (QED) is 0.576. The van der Waals surface area contributed by atoms with Crippen molar-refractivity contribution in [1.82, 2.24) is 9.97 Å². The van der Waals surface area contributed by atoms with Gasteiger partial charge in [-0.15, -0.1) is 11.8 Å². The third-order valence-corrected chi connectivity index (χ3v) is 2.23. The lowest BCUT2D eigenvalue weighted by atomic mass is 10.3. The van der Waals surface area contributed by atoms with E-state index in [4.69, 9.17) is 5.11 Å². The van der Waals surface area contributed by atoms with E-state index >= 15 is 0 Å². The van der Waals surface area contributed by atoms with E-state index in [1.54, 1.807) is 13.0 Å². The summed E-state index contributed by atoms with van der Waals surface area (Å²) in [6.45, 7) is 1.56. The number of nitrogens with zero attached hydrogens (tertiary/aromatic N) is 2. The fourth-order valence-electron chi connectivity index (χ4n) is 0.814. The third kappa shape index (κ3) is 2.88. The van der Waals surface area contributed by atoms with Gasteiger partial charge in [-0.3, -0.25) is 4.79 Å². The van der Waals surface area contributed by atoms with E-state index < -0.39 is 12.0 Å². The smallest absolute Gasteiger partial charge is 0.325 e. The first-order valence-electron chi connectivity index (χ1n) is 3.99. The molecule has 0 fully saturated rings. The molecule has 0 aliphatic heterocycles. The molecule has 0 aliphatic rings. The highest BCUT2D eigenvalue weighted by molar-refractivity contribution is 7.98. The topological polar surface area (TPSA) is 75.1 Å². The Morgan fingerprint density at radius 2 is 2.36 bits per heavy atom. The molecule has 1 rings (SSSR count). The van der Waals surface area contributed by atoms with Gasteiger partial charge in [0.25, 0.3) is 0 Å². The number of anilines is 1. The fourth-order valence-corrected chi connectivity index (χ4v) is 1.20. The molecule has 0 aliphatic carbocycles. The number of hydrogen-bond donors (Lipinski definition) is 2. The maximum Gasteiger partial charge on any atom is 0.325 e. The molecule has 0 amide bonds. The minimum Gasteiger partial charge on any atom is -0.480 e. The third-order valence-electron chi connectivity index (χ3n) is 1.59. The molecule has 0 saturated carbocycles. The number of carboxylic acid groups (broad SMARTS) is 1. The van der Waals surface area contributed by atoms with Crippen molar-refractivity contribution < 1.29 is 9.90 Å². The second-order valence-corrected chi connectivity index (χ2v) is 3.48. The molecule has 1 aromatic rings. The summed E-state index contributed by atoms with van der Waals surface area (Å²) in [5.74, 6) is -0.381.